The Labute approximate surface area is 157 Å². The van der Waals surface area contributed by atoms with Gasteiger partial charge in [-0.25, -0.2) is 0 Å². The van der Waals surface area contributed by atoms with E-state index in [0.717, 1.165) is 0 Å². The summed E-state index contributed by atoms with van der Waals surface area (Å²) in [7, 11) is 0. The molecule has 0 aliphatic heterocycles. The Morgan fingerprint density at radius 2 is 1.88 bits per heavy atom. The lowest BCUT2D eigenvalue weighted by Crippen LogP contribution is -2.20. The minimum atomic E-state index is -0.486. The molecule has 1 N–H and O–H groups in total. The SMILES string of the molecule is O=C(COc1ccc(Cl)cc1Cl)Nc1nnc(-c2ccccc2Cl)o1. The van der Waals surface area contributed by atoms with Crippen molar-refractivity contribution in [2.75, 3.05) is 11.9 Å². The second-order valence-electron chi connectivity index (χ2n) is 4.80. The zero-order chi connectivity index (χ0) is 17.8. The molecule has 9 heteroatoms. The molecule has 2 aromatic carbocycles. The van der Waals surface area contributed by atoms with E-state index >= 15 is 0 Å². The number of amides is 1. The number of hydrogen-bond acceptors (Lipinski definition) is 5. The van der Waals surface area contributed by atoms with E-state index < -0.39 is 5.91 Å². The van der Waals surface area contributed by atoms with Crippen LogP contribution in [-0.2, 0) is 4.79 Å². The van der Waals surface area contributed by atoms with Gasteiger partial charge in [0.1, 0.15) is 5.75 Å². The van der Waals surface area contributed by atoms with Crippen LogP contribution < -0.4 is 10.1 Å². The molecule has 128 valence electrons. The largest absolute Gasteiger partial charge is 0.482 e. The zero-order valence-corrected chi connectivity index (χ0v) is 14.8. The third-order valence-electron chi connectivity index (χ3n) is 3.03. The van der Waals surface area contributed by atoms with Crippen molar-refractivity contribution in [1.29, 1.82) is 0 Å². The van der Waals surface area contributed by atoms with E-state index in [0.29, 0.717) is 26.4 Å². The lowest BCUT2D eigenvalue weighted by molar-refractivity contribution is -0.118. The molecule has 3 rings (SSSR count). The fourth-order valence-corrected chi connectivity index (χ4v) is 2.59. The minimum Gasteiger partial charge on any atom is -0.482 e. The molecule has 25 heavy (non-hydrogen) atoms. The summed E-state index contributed by atoms with van der Waals surface area (Å²) in [6, 6.07) is 11.6. The van der Waals surface area contributed by atoms with Crippen molar-refractivity contribution in [2.45, 2.75) is 0 Å². The first-order valence-electron chi connectivity index (χ1n) is 6.99. The number of carbonyl (C=O) groups excluding carboxylic acids is 1. The lowest BCUT2D eigenvalue weighted by atomic mass is 10.2. The number of carbonyl (C=O) groups is 1. The number of benzene rings is 2. The number of rotatable bonds is 5. The average molecular weight is 399 g/mol. The molecule has 0 fully saturated rings. The Bertz CT molecular complexity index is 914. The quantitative estimate of drug-likeness (QED) is 0.673. The average Bonchev–Trinajstić information content (AvgIpc) is 3.02. The standard InChI is InChI=1S/C16H10Cl3N3O3/c17-9-5-6-13(12(19)7-9)24-8-14(23)20-16-22-21-15(25-16)10-3-1-2-4-11(10)18/h1-7H,8H2,(H,20,22,23). The van der Waals surface area contributed by atoms with Crippen LogP contribution in [0.15, 0.2) is 46.9 Å². The highest BCUT2D eigenvalue weighted by Gasteiger charge is 2.14. The van der Waals surface area contributed by atoms with Gasteiger partial charge in [-0.15, -0.1) is 5.10 Å². The normalized spacial score (nSPS) is 10.5. The van der Waals surface area contributed by atoms with Gasteiger partial charge in [-0.1, -0.05) is 52.0 Å². The third-order valence-corrected chi connectivity index (χ3v) is 3.89. The highest BCUT2D eigenvalue weighted by molar-refractivity contribution is 6.35. The van der Waals surface area contributed by atoms with Gasteiger partial charge in [0.05, 0.1) is 15.6 Å². The Balaban J connectivity index is 1.61. The van der Waals surface area contributed by atoms with Crippen LogP contribution in [0.5, 0.6) is 5.75 Å². The summed E-state index contributed by atoms with van der Waals surface area (Å²) < 4.78 is 10.7. The molecule has 0 saturated carbocycles. The summed E-state index contributed by atoms with van der Waals surface area (Å²) in [6.07, 6.45) is 0. The Morgan fingerprint density at radius 3 is 2.64 bits per heavy atom. The van der Waals surface area contributed by atoms with Crippen LogP contribution in [0.4, 0.5) is 6.01 Å². The molecule has 0 aliphatic carbocycles. The molecule has 0 spiro atoms. The number of ether oxygens (including phenoxy) is 1. The van der Waals surface area contributed by atoms with E-state index in [1.807, 2.05) is 0 Å². The molecule has 3 aromatic rings. The van der Waals surface area contributed by atoms with Gasteiger partial charge in [0, 0.05) is 5.02 Å². The maximum Gasteiger partial charge on any atom is 0.322 e. The van der Waals surface area contributed by atoms with E-state index in [2.05, 4.69) is 15.5 Å². The smallest absolute Gasteiger partial charge is 0.322 e. The number of nitrogens with one attached hydrogen (secondary N) is 1. The Morgan fingerprint density at radius 1 is 1.08 bits per heavy atom. The zero-order valence-electron chi connectivity index (χ0n) is 12.5. The van der Waals surface area contributed by atoms with Crippen molar-refractivity contribution in [1.82, 2.24) is 10.2 Å². The van der Waals surface area contributed by atoms with Gasteiger partial charge in [0.2, 0.25) is 0 Å². The molecule has 0 atom stereocenters. The van der Waals surface area contributed by atoms with Gasteiger partial charge in [0.15, 0.2) is 6.61 Å². The third kappa shape index (κ3) is 4.42. The van der Waals surface area contributed by atoms with Gasteiger partial charge in [-0.05, 0) is 30.3 Å². The van der Waals surface area contributed by atoms with Crippen LogP contribution in [0.25, 0.3) is 11.5 Å². The summed E-state index contributed by atoms with van der Waals surface area (Å²) in [6.45, 7) is -0.287. The van der Waals surface area contributed by atoms with Gasteiger partial charge in [-0.3, -0.25) is 10.1 Å². The van der Waals surface area contributed by atoms with Gasteiger partial charge in [0.25, 0.3) is 11.8 Å². The second-order valence-corrected chi connectivity index (χ2v) is 6.05. The van der Waals surface area contributed by atoms with Crippen LogP contribution in [0.1, 0.15) is 0 Å². The molecule has 6 nitrogen and oxygen atoms in total. The second kappa shape index (κ2) is 7.74. The van der Waals surface area contributed by atoms with Crippen LogP contribution in [0.3, 0.4) is 0 Å². The number of anilines is 1. The van der Waals surface area contributed by atoms with E-state index in [1.165, 1.54) is 6.07 Å². The monoisotopic (exact) mass is 397 g/mol. The van der Waals surface area contributed by atoms with Crippen LogP contribution in [-0.4, -0.2) is 22.7 Å². The Hall–Kier alpha value is -2.28. The van der Waals surface area contributed by atoms with Gasteiger partial charge < -0.3 is 9.15 Å². The summed E-state index contributed by atoms with van der Waals surface area (Å²) in [5.74, 6) is 0.0476. The maximum atomic E-state index is 11.9. The van der Waals surface area contributed by atoms with Crippen molar-refractivity contribution in [3.63, 3.8) is 0 Å². The van der Waals surface area contributed by atoms with Crippen molar-refractivity contribution in [2.24, 2.45) is 0 Å². The molecular weight excluding hydrogens is 389 g/mol. The summed E-state index contributed by atoms with van der Waals surface area (Å²) in [4.78, 5) is 11.9. The molecule has 0 aliphatic rings. The number of nitrogens with zero attached hydrogens (tertiary/aromatic N) is 2. The first-order chi connectivity index (χ1) is 12.0. The summed E-state index contributed by atoms with van der Waals surface area (Å²) >= 11 is 17.8. The van der Waals surface area contributed by atoms with E-state index in [4.69, 9.17) is 44.0 Å². The number of aromatic nitrogens is 2. The molecule has 0 bridgehead atoms. The summed E-state index contributed by atoms with van der Waals surface area (Å²) in [5, 5.41) is 11.3. The fourth-order valence-electron chi connectivity index (χ4n) is 1.91. The van der Waals surface area contributed by atoms with E-state index in [9.17, 15) is 4.79 Å². The van der Waals surface area contributed by atoms with E-state index in [-0.39, 0.29) is 18.5 Å². The fraction of sp³-hybridized carbons (Fsp3) is 0.0625. The van der Waals surface area contributed by atoms with Crippen molar-refractivity contribution in [3.8, 4) is 17.2 Å². The predicted octanol–water partition coefficient (Wildman–Crippen LogP) is 4.71. The van der Waals surface area contributed by atoms with Gasteiger partial charge in [-0.2, -0.15) is 0 Å². The molecule has 0 radical (unpaired) electrons. The van der Waals surface area contributed by atoms with Crippen LogP contribution in [0, 0.1) is 0 Å². The Kier molecular flexibility index (Phi) is 5.43. The molecule has 1 heterocycles. The van der Waals surface area contributed by atoms with Gasteiger partial charge >= 0.3 is 6.01 Å². The highest BCUT2D eigenvalue weighted by Crippen LogP contribution is 2.28. The maximum absolute atomic E-state index is 11.9. The minimum absolute atomic E-state index is 0.0641. The van der Waals surface area contributed by atoms with Crippen LogP contribution >= 0.6 is 34.8 Å². The first-order valence-corrected chi connectivity index (χ1v) is 8.12. The highest BCUT2D eigenvalue weighted by atomic mass is 35.5. The van der Waals surface area contributed by atoms with E-state index in [1.54, 1.807) is 36.4 Å². The van der Waals surface area contributed by atoms with Crippen molar-refractivity contribution >= 4 is 46.7 Å². The molecule has 0 unspecified atom stereocenters. The predicted molar refractivity (Wildman–Crippen MR) is 95.3 cm³/mol. The molecule has 1 amide bonds. The van der Waals surface area contributed by atoms with Crippen molar-refractivity contribution in [3.05, 3.63) is 57.5 Å². The van der Waals surface area contributed by atoms with Crippen molar-refractivity contribution < 1.29 is 13.9 Å². The summed E-state index contributed by atoms with van der Waals surface area (Å²) in [5.41, 5.74) is 0.571. The molecule has 0 saturated heterocycles. The van der Waals surface area contributed by atoms with Crippen LogP contribution in [0.2, 0.25) is 15.1 Å². The topological polar surface area (TPSA) is 77.2 Å². The number of hydrogen-bond donors (Lipinski definition) is 1. The first kappa shape index (κ1) is 17.5. The number of halogens is 3. The molecule has 1 aromatic heterocycles. The molecular formula is C16H10Cl3N3O3. The lowest BCUT2D eigenvalue weighted by Gasteiger charge is -2.07.